The first-order chi connectivity index (χ1) is 10.2. The van der Waals surface area contributed by atoms with Crippen molar-refractivity contribution in [2.75, 3.05) is 0 Å². The van der Waals surface area contributed by atoms with E-state index in [1.165, 1.54) is 6.07 Å². The van der Waals surface area contributed by atoms with Gasteiger partial charge in [0.15, 0.2) is 0 Å². The van der Waals surface area contributed by atoms with E-state index in [2.05, 4.69) is 0 Å². The van der Waals surface area contributed by atoms with Crippen LogP contribution in [-0.4, -0.2) is 23.2 Å². The lowest BCUT2D eigenvalue weighted by Gasteiger charge is -2.32. The maximum absolute atomic E-state index is 11.4. The highest BCUT2D eigenvalue weighted by Gasteiger charge is 2.53. The molecule has 0 unspecified atom stereocenters. The lowest BCUT2D eigenvalue weighted by molar-refractivity contribution is -0.383. The molecule has 0 bridgehead atoms. The third-order valence-electron chi connectivity index (χ3n) is 4.63. The molecule has 0 aromatic heterocycles. The molecule has 3 rings (SSSR count). The molecule has 5 nitrogen and oxygen atoms in total. The molecule has 1 heterocycles. The molecule has 0 amide bonds. The second kappa shape index (κ2) is 4.79. The van der Waals surface area contributed by atoms with E-state index in [1.807, 2.05) is 52.0 Å². The van der Waals surface area contributed by atoms with E-state index < -0.39 is 18.3 Å². The Balaban J connectivity index is 2.22. The molecule has 2 aromatic rings. The first-order valence-corrected chi connectivity index (χ1v) is 7.25. The average molecular weight is 299 g/mol. The second-order valence-corrected chi connectivity index (χ2v) is 6.56. The van der Waals surface area contributed by atoms with E-state index in [1.54, 1.807) is 6.07 Å². The number of nitrogens with zero attached hydrogens (tertiary/aromatic N) is 1. The van der Waals surface area contributed by atoms with Gasteiger partial charge < -0.3 is 9.31 Å². The van der Waals surface area contributed by atoms with Gasteiger partial charge in [-0.05, 0) is 44.5 Å². The predicted octanol–water partition coefficient (Wildman–Crippen LogP) is 3.05. The zero-order chi connectivity index (χ0) is 16.1. The molecule has 1 fully saturated rings. The Morgan fingerprint density at radius 2 is 1.59 bits per heavy atom. The van der Waals surface area contributed by atoms with Gasteiger partial charge in [-0.2, -0.15) is 0 Å². The zero-order valence-corrected chi connectivity index (χ0v) is 13.1. The predicted molar refractivity (Wildman–Crippen MR) is 86.3 cm³/mol. The molecule has 0 spiro atoms. The molecular weight excluding hydrogens is 281 g/mol. The number of hydrogen-bond donors (Lipinski definition) is 0. The Kier molecular flexibility index (Phi) is 3.27. The molecule has 0 aliphatic carbocycles. The van der Waals surface area contributed by atoms with E-state index in [4.69, 9.17) is 9.31 Å². The summed E-state index contributed by atoms with van der Waals surface area (Å²) in [5, 5.41) is 13.2. The van der Waals surface area contributed by atoms with Crippen molar-refractivity contribution in [3.8, 4) is 0 Å². The zero-order valence-electron chi connectivity index (χ0n) is 13.1. The standard InChI is InChI=1S/C16H18BNO4/c1-15(2)16(3,4)22-17(21-15)14-12-8-6-5-7-11(12)9-10-13(14)18(19)20/h5-10H,1-4H3. The van der Waals surface area contributed by atoms with Crippen LogP contribution < -0.4 is 5.46 Å². The highest BCUT2D eigenvalue weighted by Crippen LogP contribution is 2.38. The van der Waals surface area contributed by atoms with Crippen molar-refractivity contribution in [1.29, 1.82) is 0 Å². The van der Waals surface area contributed by atoms with Crippen molar-refractivity contribution in [3.05, 3.63) is 46.5 Å². The monoisotopic (exact) mass is 299 g/mol. The smallest absolute Gasteiger partial charge is 0.399 e. The number of rotatable bonds is 2. The third-order valence-corrected chi connectivity index (χ3v) is 4.63. The van der Waals surface area contributed by atoms with Crippen molar-refractivity contribution in [2.45, 2.75) is 38.9 Å². The summed E-state index contributed by atoms with van der Waals surface area (Å²) < 4.78 is 12.0. The Hall–Kier alpha value is -1.92. The van der Waals surface area contributed by atoms with Crippen LogP contribution >= 0.6 is 0 Å². The van der Waals surface area contributed by atoms with Gasteiger partial charge in [0.1, 0.15) is 0 Å². The van der Waals surface area contributed by atoms with Crippen molar-refractivity contribution in [1.82, 2.24) is 0 Å². The van der Waals surface area contributed by atoms with Crippen LogP contribution in [0.15, 0.2) is 36.4 Å². The lowest BCUT2D eigenvalue weighted by atomic mass is 9.75. The molecule has 0 saturated carbocycles. The normalized spacial score (nSPS) is 19.5. The Bertz CT molecular complexity index is 741. The molecule has 2 aromatic carbocycles. The maximum Gasteiger partial charge on any atom is 0.502 e. The maximum atomic E-state index is 11.4. The van der Waals surface area contributed by atoms with Crippen molar-refractivity contribution >= 4 is 29.0 Å². The fourth-order valence-electron chi connectivity index (χ4n) is 2.65. The molecule has 0 N–H and O–H groups in total. The summed E-state index contributed by atoms with van der Waals surface area (Å²) in [6, 6.07) is 10.8. The number of benzene rings is 2. The van der Waals surface area contributed by atoms with Crippen LogP contribution in [0.3, 0.4) is 0 Å². The average Bonchev–Trinajstić information content (AvgIpc) is 2.65. The Morgan fingerprint density at radius 1 is 1.00 bits per heavy atom. The van der Waals surface area contributed by atoms with E-state index in [9.17, 15) is 10.1 Å². The van der Waals surface area contributed by atoms with Gasteiger partial charge in [-0.3, -0.25) is 10.1 Å². The summed E-state index contributed by atoms with van der Waals surface area (Å²) in [5.41, 5.74) is -0.565. The van der Waals surface area contributed by atoms with Gasteiger partial charge in [-0.15, -0.1) is 0 Å². The summed E-state index contributed by atoms with van der Waals surface area (Å²) in [4.78, 5) is 11.1. The number of hydrogen-bond acceptors (Lipinski definition) is 4. The number of nitro benzene ring substituents is 1. The van der Waals surface area contributed by atoms with Gasteiger partial charge in [-0.25, -0.2) is 0 Å². The summed E-state index contributed by atoms with van der Waals surface area (Å²) in [5.74, 6) is 0. The summed E-state index contributed by atoms with van der Waals surface area (Å²) in [7, 11) is -0.753. The van der Waals surface area contributed by atoms with Crippen molar-refractivity contribution in [2.24, 2.45) is 0 Å². The largest absolute Gasteiger partial charge is 0.502 e. The first kappa shape index (κ1) is 15.0. The second-order valence-electron chi connectivity index (χ2n) is 6.56. The van der Waals surface area contributed by atoms with Crippen LogP contribution in [-0.2, 0) is 9.31 Å². The summed E-state index contributed by atoms with van der Waals surface area (Å²) in [6.07, 6.45) is 0. The topological polar surface area (TPSA) is 61.6 Å². The van der Waals surface area contributed by atoms with Crippen LogP contribution in [0.4, 0.5) is 5.69 Å². The molecule has 1 saturated heterocycles. The van der Waals surface area contributed by atoms with Crippen molar-refractivity contribution in [3.63, 3.8) is 0 Å². The number of nitro groups is 1. The summed E-state index contributed by atoms with van der Waals surface area (Å²) >= 11 is 0. The molecule has 114 valence electrons. The van der Waals surface area contributed by atoms with Crippen LogP contribution in [0.1, 0.15) is 27.7 Å². The first-order valence-electron chi connectivity index (χ1n) is 7.25. The highest BCUT2D eigenvalue weighted by atomic mass is 16.7. The molecule has 22 heavy (non-hydrogen) atoms. The van der Waals surface area contributed by atoms with Crippen LogP contribution in [0.2, 0.25) is 0 Å². The van der Waals surface area contributed by atoms with E-state index in [-0.39, 0.29) is 10.6 Å². The van der Waals surface area contributed by atoms with Gasteiger partial charge in [-0.1, -0.05) is 24.3 Å². The van der Waals surface area contributed by atoms with Gasteiger partial charge >= 0.3 is 7.12 Å². The molecule has 1 aliphatic heterocycles. The Labute approximate surface area is 129 Å². The minimum Gasteiger partial charge on any atom is -0.399 e. The molecule has 0 radical (unpaired) electrons. The van der Waals surface area contributed by atoms with Gasteiger partial charge in [0.2, 0.25) is 0 Å². The van der Waals surface area contributed by atoms with Gasteiger partial charge in [0, 0.05) is 6.07 Å². The number of fused-ring (bicyclic) bond motifs is 1. The van der Waals surface area contributed by atoms with Crippen LogP contribution in [0, 0.1) is 10.1 Å². The lowest BCUT2D eigenvalue weighted by Crippen LogP contribution is -2.41. The molecule has 0 atom stereocenters. The molecule has 6 heteroatoms. The quantitative estimate of drug-likeness (QED) is 0.486. The minimum absolute atomic E-state index is 0.0252. The third kappa shape index (κ3) is 2.19. The van der Waals surface area contributed by atoms with Gasteiger partial charge in [0.05, 0.1) is 21.6 Å². The highest BCUT2D eigenvalue weighted by molar-refractivity contribution is 6.66. The van der Waals surface area contributed by atoms with Crippen molar-refractivity contribution < 1.29 is 14.2 Å². The molecular formula is C16H18BNO4. The van der Waals surface area contributed by atoms with E-state index in [0.29, 0.717) is 5.46 Å². The van der Waals surface area contributed by atoms with Crippen LogP contribution in [0.5, 0.6) is 0 Å². The summed E-state index contributed by atoms with van der Waals surface area (Å²) in [6.45, 7) is 7.74. The fraction of sp³-hybridized carbons (Fsp3) is 0.375. The Morgan fingerprint density at radius 3 is 2.18 bits per heavy atom. The minimum atomic E-state index is -0.753. The fourth-order valence-corrected chi connectivity index (χ4v) is 2.65. The van der Waals surface area contributed by atoms with Crippen LogP contribution in [0.25, 0.3) is 10.8 Å². The molecule has 1 aliphatic rings. The van der Waals surface area contributed by atoms with Gasteiger partial charge in [0.25, 0.3) is 5.69 Å². The SMILES string of the molecule is CC1(C)OB(c2c([N+](=O)[O-])ccc3ccccc23)OC1(C)C. The van der Waals surface area contributed by atoms with E-state index >= 15 is 0 Å². The van der Waals surface area contributed by atoms with E-state index in [0.717, 1.165) is 10.8 Å².